The fourth-order valence-electron chi connectivity index (χ4n) is 2.26. The fourth-order valence-corrected chi connectivity index (χ4v) is 2.26. The van der Waals surface area contributed by atoms with Crippen LogP contribution in [0.2, 0.25) is 0 Å². The van der Waals surface area contributed by atoms with Gasteiger partial charge in [0.05, 0.1) is 0 Å². The summed E-state index contributed by atoms with van der Waals surface area (Å²) in [6, 6.07) is 0.818. The van der Waals surface area contributed by atoms with E-state index in [2.05, 4.69) is 17.3 Å². The van der Waals surface area contributed by atoms with E-state index < -0.39 is 0 Å². The summed E-state index contributed by atoms with van der Waals surface area (Å²) in [7, 11) is 2.22. The SMILES string of the molecule is CC.CN1CC2CCCNC2C1. The van der Waals surface area contributed by atoms with Crippen LogP contribution in [0.3, 0.4) is 0 Å². The molecule has 0 aromatic rings. The Hall–Kier alpha value is -0.0800. The molecule has 0 radical (unpaired) electrons. The van der Waals surface area contributed by atoms with E-state index in [0.717, 1.165) is 12.0 Å². The van der Waals surface area contributed by atoms with Gasteiger partial charge in [0.15, 0.2) is 0 Å². The molecule has 2 rings (SSSR count). The van der Waals surface area contributed by atoms with Gasteiger partial charge in [-0.05, 0) is 32.4 Å². The lowest BCUT2D eigenvalue weighted by Gasteiger charge is -2.24. The first kappa shape index (κ1) is 10.0. The average molecular weight is 170 g/mol. The zero-order valence-electron chi connectivity index (χ0n) is 8.64. The first-order valence-electron chi connectivity index (χ1n) is 5.28. The molecule has 2 aliphatic rings. The summed E-state index contributed by atoms with van der Waals surface area (Å²) in [6.45, 7) is 7.83. The van der Waals surface area contributed by atoms with E-state index in [9.17, 15) is 0 Å². The number of hydrogen-bond acceptors (Lipinski definition) is 2. The first-order valence-corrected chi connectivity index (χ1v) is 5.28. The highest BCUT2D eigenvalue weighted by atomic mass is 15.2. The lowest BCUT2D eigenvalue weighted by molar-refractivity contribution is 0.338. The topological polar surface area (TPSA) is 15.3 Å². The second-order valence-corrected chi connectivity index (χ2v) is 3.68. The molecule has 72 valence electrons. The largest absolute Gasteiger partial charge is 0.312 e. The molecule has 2 saturated heterocycles. The van der Waals surface area contributed by atoms with Crippen molar-refractivity contribution in [2.45, 2.75) is 32.7 Å². The number of fused-ring (bicyclic) bond motifs is 1. The van der Waals surface area contributed by atoms with E-state index in [1.165, 1.54) is 32.5 Å². The average Bonchev–Trinajstić information content (AvgIpc) is 2.48. The third kappa shape index (κ3) is 2.20. The van der Waals surface area contributed by atoms with Crippen LogP contribution < -0.4 is 5.32 Å². The number of hydrogen-bond donors (Lipinski definition) is 1. The minimum atomic E-state index is 0.818. The molecule has 1 N–H and O–H groups in total. The third-order valence-electron chi connectivity index (χ3n) is 2.78. The summed E-state index contributed by atoms with van der Waals surface area (Å²) in [5.74, 6) is 0.957. The standard InChI is InChI=1S/C8H16N2.C2H6/c1-10-5-7-3-2-4-9-8(7)6-10;1-2/h7-9H,2-6H2,1H3;1-2H3. The van der Waals surface area contributed by atoms with Crippen LogP contribution in [-0.2, 0) is 0 Å². The molecular weight excluding hydrogens is 148 g/mol. The molecule has 0 saturated carbocycles. The van der Waals surface area contributed by atoms with E-state index >= 15 is 0 Å². The Morgan fingerprint density at radius 2 is 2.00 bits per heavy atom. The van der Waals surface area contributed by atoms with E-state index in [-0.39, 0.29) is 0 Å². The van der Waals surface area contributed by atoms with Crippen molar-refractivity contribution in [1.82, 2.24) is 10.2 Å². The van der Waals surface area contributed by atoms with Gasteiger partial charge in [0.2, 0.25) is 0 Å². The number of likely N-dealkylation sites (N-methyl/N-ethyl adjacent to an activating group) is 1. The highest BCUT2D eigenvalue weighted by Crippen LogP contribution is 2.23. The fraction of sp³-hybridized carbons (Fsp3) is 1.00. The first-order chi connectivity index (χ1) is 5.86. The zero-order chi connectivity index (χ0) is 8.97. The predicted molar refractivity (Wildman–Crippen MR) is 53.4 cm³/mol. The van der Waals surface area contributed by atoms with Crippen molar-refractivity contribution in [2.75, 3.05) is 26.7 Å². The zero-order valence-corrected chi connectivity index (χ0v) is 8.64. The summed E-state index contributed by atoms with van der Waals surface area (Å²) in [5, 5.41) is 3.57. The Morgan fingerprint density at radius 1 is 1.25 bits per heavy atom. The molecule has 2 fully saturated rings. The lowest BCUT2D eigenvalue weighted by atomic mass is 9.94. The summed E-state index contributed by atoms with van der Waals surface area (Å²) in [5.41, 5.74) is 0. The van der Waals surface area contributed by atoms with Crippen molar-refractivity contribution in [3.05, 3.63) is 0 Å². The molecule has 2 aliphatic heterocycles. The molecule has 0 bridgehead atoms. The van der Waals surface area contributed by atoms with Gasteiger partial charge in [-0.3, -0.25) is 0 Å². The molecule has 2 unspecified atom stereocenters. The van der Waals surface area contributed by atoms with Crippen molar-refractivity contribution in [3.8, 4) is 0 Å². The van der Waals surface area contributed by atoms with Crippen molar-refractivity contribution in [3.63, 3.8) is 0 Å². The van der Waals surface area contributed by atoms with Gasteiger partial charge in [-0.15, -0.1) is 0 Å². The lowest BCUT2D eigenvalue weighted by Crippen LogP contribution is -2.40. The monoisotopic (exact) mass is 170 g/mol. The molecule has 0 aliphatic carbocycles. The summed E-state index contributed by atoms with van der Waals surface area (Å²) >= 11 is 0. The van der Waals surface area contributed by atoms with E-state index in [1.807, 2.05) is 13.8 Å². The van der Waals surface area contributed by atoms with Gasteiger partial charge in [-0.25, -0.2) is 0 Å². The molecule has 0 aromatic carbocycles. The van der Waals surface area contributed by atoms with Crippen LogP contribution in [0, 0.1) is 5.92 Å². The molecule has 0 amide bonds. The quantitative estimate of drug-likeness (QED) is 0.590. The van der Waals surface area contributed by atoms with Crippen LogP contribution >= 0.6 is 0 Å². The van der Waals surface area contributed by atoms with Crippen LogP contribution in [0.25, 0.3) is 0 Å². The van der Waals surface area contributed by atoms with Crippen molar-refractivity contribution in [1.29, 1.82) is 0 Å². The van der Waals surface area contributed by atoms with Crippen molar-refractivity contribution >= 4 is 0 Å². The van der Waals surface area contributed by atoms with Gasteiger partial charge in [-0.2, -0.15) is 0 Å². The molecule has 0 spiro atoms. The second-order valence-electron chi connectivity index (χ2n) is 3.68. The van der Waals surface area contributed by atoms with Gasteiger partial charge >= 0.3 is 0 Å². The van der Waals surface area contributed by atoms with Crippen LogP contribution in [-0.4, -0.2) is 37.6 Å². The molecule has 0 aromatic heterocycles. The van der Waals surface area contributed by atoms with E-state index in [4.69, 9.17) is 0 Å². The molecular formula is C10H22N2. The van der Waals surface area contributed by atoms with E-state index in [0.29, 0.717) is 0 Å². The molecule has 2 heterocycles. The maximum absolute atomic E-state index is 3.57. The Bertz CT molecular complexity index is 111. The summed E-state index contributed by atoms with van der Waals surface area (Å²) in [4.78, 5) is 2.44. The van der Waals surface area contributed by atoms with Crippen molar-refractivity contribution < 1.29 is 0 Å². The number of nitrogens with one attached hydrogen (secondary N) is 1. The highest BCUT2D eigenvalue weighted by molar-refractivity contribution is 4.90. The number of rotatable bonds is 0. The van der Waals surface area contributed by atoms with E-state index in [1.54, 1.807) is 0 Å². The molecule has 12 heavy (non-hydrogen) atoms. The van der Waals surface area contributed by atoms with Gasteiger partial charge in [0.25, 0.3) is 0 Å². The number of piperidine rings is 1. The van der Waals surface area contributed by atoms with Gasteiger partial charge in [-0.1, -0.05) is 13.8 Å². The molecule has 2 atom stereocenters. The highest BCUT2D eigenvalue weighted by Gasteiger charge is 2.31. The molecule has 2 heteroatoms. The normalized spacial score (nSPS) is 35.2. The minimum absolute atomic E-state index is 0.818. The summed E-state index contributed by atoms with van der Waals surface area (Å²) < 4.78 is 0. The smallest absolute Gasteiger partial charge is 0.0235 e. The number of likely N-dealkylation sites (tertiary alicyclic amines) is 1. The Morgan fingerprint density at radius 3 is 2.67 bits per heavy atom. The third-order valence-corrected chi connectivity index (χ3v) is 2.78. The summed E-state index contributed by atoms with van der Waals surface area (Å²) in [6.07, 6.45) is 2.83. The van der Waals surface area contributed by atoms with Gasteiger partial charge in [0, 0.05) is 19.1 Å². The van der Waals surface area contributed by atoms with Gasteiger partial charge < -0.3 is 10.2 Å². The van der Waals surface area contributed by atoms with Crippen LogP contribution in [0.4, 0.5) is 0 Å². The Balaban J connectivity index is 0.000000336. The maximum Gasteiger partial charge on any atom is 0.0235 e. The Kier molecular flexibility index (Phi) is 4.02. The predicted octanol–water partition coefficient (Wildman–Crippen LogP) is 1.33. The molecule has 2 nitrogen and oxygen atoms in total. The van der Waals surface area contributed by atoms with Crippen LogP contribution in [0.1, 0.15) is 26.7 Å². The van der Waals surface area contributed by atoms with Crippen LogP contribution in [0.5, 0.6) is 0 Å². The maximum atomic E-state index is 3.57. The van der Waals surface area contributed by atoms with Gasteiger partial charge in [0.1, 0.15) is 0 Å². The van der Waals surface area contributed by atoms with Crippen LogP contribution in [0.15, 0.2) is 0 Å². The second kappa shape index (κ2) is 4.83. The Labute approximate surface area is 76.3 Å². The number of nitrogens with zero attached hydrogens (tertiary/aromatic N) is 1. The minimum Gasteiger partial charge on any atom is -0.312 e. The van der Waals surface area contributed by atoms with Crippen molar-refractivity contribution in [2.24, 2.45) is 5.92 Å².